The highest BCUT2D eigenvalue weighted by atomic mass is 32.1. The van der Waals surface area contributed by atoms with E-state index in [1.54, 1.807) is 6.08 Å². The van der Waals surface area contributed by atoms with Crippen LogP contribution in [0.15, 0.2) is 54.1 Å². The molecular weight excluding hydrogens is 460 g/mol. The maximum atomic E-state index is 13.5. The summed E-state index contributed by atoms with van der Waals surface area (Å²) in [5.74, 6) is -1.12. The zero-order valence-corrected chi connectivity index (χ0v) is 21.0. The average Bonchev–Trinajstić information content (AvgIpc) is 3.06. The Kier molecular flexibility index (Phi) is 6.41. The van der Waals surface area contributed by atoms with Gasteiger partial charge in [-0.05, 0) is 99.1 Å². The third kappa shape index (κ3) is 4.65. The van der Waals surface area contributed by atoms with Crippen LogP contribution in [0.3, 0.4) is 0 Å². The normalized spacial score (nSPS) is 14.9. The number of benzene rings is 2. The van der Waals surface area contributed by atoms with Crippen molar-refractivity contribution in [3.8, 4) is 5.69 Å². The Morgan fingerprint density at radius 3 is 2.34 bits per heavy atom. The number of rotatable bonds is 4. The fourth-order valence-corrected chi connectivity index (χ4v) is 4.49. The lowest BCUT2D eigenvalue weighted by molar-refractivity contribution is -0.122. The minimum atomic E-state index is -0.522. The molecule has 2 heterocycles. The van der Waals surface area contributed by atoms with Gasteiger partial charge in [-0.3, -0.25) is 24.6 Å². The lowest BCUT2D eigenvalue weighted by Crippen LogP contribution is -2.54. The van der Waals surface area contributed by atoms with Crippen molar-refractivity contribution in [3.05, 3.63) is 82.2 Å². The van der Waals surface area contributed by atoms with Crippen LogP contribution in [0.25, 0.3) is 11.8 Å². The van der Waals surface area contributed by atoms with Crippen molar-refractivity contribution in [1.82, 2.24) is 9.88 Å². The number of hydrogen-bond acceptors (Lipinski definition) is 4. The molecule has 2 N–H and O–H groups in total. The van der Waals surface area contributed by atoms with Gasteiger partial charge in [0, 0.05) is 29.7 Å². The van der Waals surface area contributed by atoms with Crippen molar-refractivity contribution < 1.29 is 14.4 Å². The van der Waals surface area contributed by atoms with Gasteiger partial charge in [0.25, 0.3) is 11.8 Å². The minimum Gasteiger partial charge on any atom is -0.326 e. The summed E-state index contributed by atoms with van der Waals surface area (Å²) in [6.07, 6.45) is 1.61. The number of thiocarbonyl (C=S) groups is 1. The van der Waals surface area contributed by atoms with Crippen LogP contribution in [0.1, 0.15) is 35.0 Å². The predicted octanol–water partition coefficient (Wildman–Crippen LogP) is 4.50. The summed E-state index contributed by atoms with van der Waals surface area (Å²) in [4.78, 5) is 38.9. The minimum absolute atomic E-state index is 0.0146. The first-order valence-corrected chi connectivity index (χ1v) is 11.5. The highest BCUT2D eigenvalue weighted by Gasteiger charge is 2.35. The Labute approximate surface area is 209 Å². The van der Waals surface area contributed by atoms with Gasteiger partial charge >= 0.3 is 0 Å². The molecule has 3 aromatic rings. The summed E-state index contributed by atoms with van der Waals surface area (Å²) in [6, 6.07) is 15.2. The fourth-order valence-electron chi connectivity index (χ4n) is 4.22. The number of aromatic nitrogens is 1. The lowest BCUT2D eigenvalue weighted by atomic mass is 10.0. The number of hydrogen-bond donors (Lipinski definition) is 2. The van der Waals surface area contributed by atoms with Crippen LogP contribution >= 0.6 is 12.2 Å². The summed E-state index contributed by atoms with van der Waals surface area (Å²) < 4.78 is 2.03. The van der Waals surface area contributed by atoms with Crippen molar-refractivity contribution in [2.75, 3.05) is 10.2 Å². The van der Waals surface area contributed by atoms with Gasteiger partial charge in [-0.15, -0.1) is 0 Å². The van der Waals surface area contributed by atoms with Crippen LogP contribution in [0, 0.1) is 27.7 Å². The van der Waals surface area contributed by atoms with E-state index in [1.807, 2.05) is 80.8 Å². The largest absolute Gasteiger partial charge is 0.326 e. The molecule has 1 aromatic heterocycles. The maximum absolute atomic E-state index is 13.5. The van der Waals surface area contributed by atoms with Gasteiger partial charge in [0.05, 0.1) is 5.69 Å². The molecule has 0 unspecified atom stereocenters. The van der Waals surface area contributed by atoms with Gasteiger partial charge < -0.3 is 9.88 Å². The molecule has 4 rings (SSSR count). The summed E-state index contributed by atoms with van der Waals surface area (Å²) in [6.45, 7) is 9.18. The van der Waals surface area contributed by atoms with E-state index < -0.39 is 11.8 Å². The topological polar surface area (TPSA) is 83.4 Å². The SMILES string of the molecule is CC(=O)Nc1ccc(-n2c(C)cc(/C=C3\C(=O)NC(=S)N(c4cc(C)ccc4C)C3=O)c2C)cc1. The molecule has 7 nitrogen and oxygen atoms in total. The number of amides is 3. The van der Waals surface area contributed by atoms with Crippen LogP contribution in [-0.2, 0) is 14.4 Å². The molecule has 0 atom stereocenters. The molecule has 0 saturated carbocycles. The Balaban J connectivity index is 1.73. The van der Waals surface area contributed by atoms with E-state index in [9.17, 15) is 14.4 Å². The first-order valence-electron chi connectivity index (χ1n) is 11.1. The van der Waals surface area contributed by atoms with E-state index in [0.717, 1.165) is 33.8 Å². The molecule has 0 bridgehead atoms. The second-order valence-corrected chi connectivity index (χ2v) is 9.02. The molecule has 1 saturated heterocycles. The number of anilines is 2. The smallest absolute Gasteiger partial charge is 0.270 e. The monoisotopic (exact) mass is 486 g/mol. The Hall–Kier alpha value is -4.04. The zero-order valence-electron chi connectivity index (χ0n) is 20.2. The Morgan fingerprint density at radius 1 is 1.00 bits per heavy atom. The van der Waals surface area contributed by atoms with Crippen molar-refractivity contribution in [2.45, 2.75) is 34.6 Å². The number of carbonyl (C=O) groups excluding carboxylic acids is 3. The Morgan fingerprint density at radius 2 is 1.69 bits per heavy atom. The van der Waals surface area contributed by atoms with Crippen LogP contribution in [0.5, 0.6) is 0 Å². The van der Waals surface area contributed by atoms with Crippen molar-refractivity contribution in [1.29, 1.82) is 0 Å². The van der Waals surface area contributed by atoms with E-state index in [0.29, 0.717) is 11.4 Å². The van der Waals surface area contributed by atoms with E-state index in [1.165, 1.54) is 11.8 Å². The summed E-state index contributed by atoms with van der Waals surface area (Å²) in [5.41, 5.74) is 6.69. The summed E-state index contributed by atoms with van der Waals surface area (Å²) >= 11 is 5.35. The second-order valence-electron chi connectivity index (χ2n) is 8.64. The second kappa shape index (κ2) is 9.31. The number of aryl methyl sites for hydroxylation is 3. The maximum Gasteiger partial charge on any atom is 0.270 e. The zero-order chi connectivity index (χ0) is 25.4. The fraction of sp³-hybridized carbons (Fsp3) is 0.185. The van der Waals surface area contributed by atoms with E-state index in [-0.39, 0.29) is 16.6 Å². The quantitative estimate of drug-likeness (QED) is 0.323. The molecular formula is C27H26N4O3S. The molecule has 1 aliphatic rings. The Bertz CT molecular complexity index is 1420. The van der Waals surface area contributed by atoms with Gasteiger partial charge in [-0.25, -0.2) is 0 Å². The molecule has 0 spiro atoms. The van der Waals surface area contributed by atoms with Crippen LogP contribution in [-0.4, -0.2) is 27.4 Å². The van der Waals surface area contributed by atoms with Gasteiger partial charge in [0.15, 0.2) is 5.11 Å². The van der Waals surface area contributed by atoms with Gasteiger partial charge in [0.2, 0.25) is 5.91 Å². The first kappa shape index (κ1) is 24.1. The molecule has 3 amide bonds. The van der Waals surface area contributed by atoms with E-state index in [4.69, 9.17) is 12.2 Å². The summed E-state index contributed by atoms with van der Waals surface area (Å²) in [7, 11) is 0. The van der Waals surface area contributed by atoms with Gasteiger partial charge in [0.1, 0.15) is 5.57 Å². The van der Waals surface area contributed by atoms with Crippen LogP contribution in [0.2, 0.25) is 0 Å². The predicted molar refractivity (Wildman–Crippen MR) is 142 cm³/mol. The van der Waals surface area contributed by atoms with E-state index >= 15 is 0 Å². The highest BCUT2D eigenvalue weighted by molar-refractivity contribution is 7.80. The average molecular weight is 487 g/mol. The van der Waals surface area contributed by atoms with Crippen molar-refractivity contribution in [3.63, 3.8) is 0 Å². The molecule has 1 fully saturated rings. The molecule has 0 radical (unpaired) electrons. The highest BCUT2D eigenvalue weighted by Crippen LogP contribution is 2.28. The number of nitrogens with zero attached hydrogens (tertiary/aromatic N) is 2. The van der Waals surface area contributed by atoms with Crippen LogP contribution < -0.4 is 15.5 Å². The third-order valence-corrected chi connectivity index (χ3v) is 6.21. The molecule has 178 valence electrons. The summed E-state index contributed by atoms with van der Waals surface area (Å²) in [5, 5.41) is 5.48. The number of carbonyl (C=O) groups is 3. The molecule has 2 aromatic carbocycles. The van der Waals surface area contributed by atoms with Gasteiger partial charge in [-0.2, -0.15) is 0 Å². The van der Waals surface area contributed by atoms with E-state index in [2.05, 4.69) is 10.6 Å². The first-order chi connectivity index (χ1) is 16.6. The van der Waals surface area contributed by atoms with Crippen molar-refractivity contribution in [2.24, 2.45) is 0 Å². The molecule has 1 aliphatic heterocycles. The van der Waals surface area contributed by atoms with Crippen molar-refractivity contribution >= 4 is 52.5 Å². The van der Waals surface area contributed by atoms with Crippen LogP contribution in [0.4, 0.5) is 11.4 Å². The molecule has 35 heavy (non-hydrogen) atoms. The molecule has 8 heteroatoms. The van der Waals surface area contributed by atoms with Gasteiger partial charge in [-0.1, -0.05) is 12.1 Å². The number of nitrogens with one attached hydrogen (secondary N) is 2. The lowest BCUT2D eigenvalue weighted by Gasteiger charge is -2.30. The standard InChI is InChI=1S/C27H26N4O3S/c1-15-6-7-16(2)24(12-15)31-26(34)23(25(33)29-27(31)35)14-20-13-17(3)30(18(20)4)22-10-8-21(9-11-22)28-19(5)32/h6-14H,1-5H3,(H,28,32)(H,29,33,35)/b23-14+. The third-order valence-electron chi connectivity index (χ3n) is 5.92. The molecule has 0 aliphatic carbocycles.